The molecule has 1 aliphatic rings. The lowest BCUT2D eigenvalue weighted by molar-refractivity contribution is -0.115. The van der Waals surface area contributed by atoms with Gasteiger partial charge in [-0.3, -0.25) is 4.79 Å². The van der Waals surface area contributed by atoms with Crippen LogP contribution in [0, 0.1) is 20.8 Å². The number of amidine groups is 1. The third kappa shape index (κ3) is 4.23. The van der Waals surface area contributed by atoms with Crippen LogP contribution in [0.1, 0.15) is 22.5 Å². The Morgan fingerprint density at radius 2 is 1.83 bits per heavy atom. The molecule has 2 heterocycles. The summed E-state index contributed by atoms with van der Waals surface area (Å²) >= 11 is 4.85. The molecular formula is C23H20BrN3OS. The Kier molecular flexibility index (Phi) is 5.48. The van der Waals surface area contributed by atoms with Gasteiger partial charge in [-0.2, -0.15) is 0 Å². The molecule has 0 spiro atoms. The van der Waals surface area contributed by atoms with E-state index in [1.54, 1.807) is 0 Å². The van der Waals surface area contributed by atoms with Gasteiger partial charge in [0.2, 0.25) is 0 Å². The summed E-state index contributed by atoms with van der Waals surface area (Å²) in [4.78, 5) is 17.7. The van der Waals surface area contributed by atoms with Gasteiger partial charge in [0.1, 0.15) is 0 Å². The zero-order valence-corrected chi connectivity index (χ0v) is 18.8. The Labute approximate surface area is 182 Å². The topological polar surface area (TPSA) is 46.4 Å². The molecule has 0 bridgehead atoms. The van der Waals surface area contributed by atoms with Crippen LogP contribution in [0.15, 0.2) is 69.0 Å². The molecule has 6 heteroatoms. The van der Waals surface area contributed by atoms with Crippen molar-refractivity contribution in [2.24, 2.45) is 4.99 Å². The molecule has 1 aliphatic heterocycles. The number of hydrogen-bond acceptors (Lipinski definition) is 3. The van der Waals surface area contributed by atoms with Crippen molar-refractivity contribution < 1.29 is 4.79 Å². The van der Waals surface area contributed by atoms with Crippen LogP contribution in [0.4, 0.5) is 5.69 Å². The first-order chi connectivity index (χ1) is 13.9. The van der Waals surface area contributed by atoms with Crippen LogP contribution in [-0.2, 0) is 4.79 Å². The summed E-state index contributed by atoms with van der Waals surface area (Å²) in [5, 5.41) is 3.47. The van der Waals surface area contributed by atoms with Gasteiger partial charge in [0.05, 0.1) is 10.6 Å². The fourth-order valence-corrected chi connectivity index (χ4v) is 4.45. The number of amides is 1. The predicted octanol–water partition coefficient (Wildman–Crippen LogP) is 6.06. The number of nitrogens with zero attached hydrogens (tertiary/aromatic N) is 2. The van der Waals surface area contributed by atoms with Gasteiger partial charge in [0.25, 0.3) is 5.91 Å². The molecule has 1 saturated heterocycles. The molecule has 0 atom stereocenters. The first-order valence-electron chi connectivity index (χ1n) is 9.22. The predicted molar refractivity (Wildman–Crippen MR) is 125 cm³/mol. The molecule has 0 unspecified atom stereocenters. The third-order valence-corrected chi connectivity index (χ3v) is 6.16. The van der Waals surface area contributed by atoms with E-state index in [1.165, 1.54) is 11.8 Å². The number of carbonyl (C=O) groups is 1. The second-order valence-electron chi connectivity index (χ2n) is 6.96. The summed E-state index contributed by atoms with van der Waals surface area (Å²) in [5.41, 5.74) is 6.31. The molecule has 3 aromatic rings. The first kappa shape index (κ1) is 19.7. The number of nitrogens with one attached hydrogen (secondary N) is 1. The van der Waals surface area contributed by atoms with Crippen LogP contribution in [0.25, 0.3) is 11.8 Å². The number of hydrogen-bond donors (Lipinski definition) is 1. The van der Waals surface area contributed by atoms with Crippen LogP contribution < -0.4 is 5.32 Å². The van der Waals surface area contributed by atoms with Crippen molar-refractivity contribution in [3.05, 3.63) is 86.5 Å². The fourth-order valence-electron chi connectivity index (χ4n) is 3.36. The second kappa shape index (κ2) is 8.05. The largest absolute Gasteiger partial charge is 0.318 e. The molecule has 29 heavy (non-hydrogen) atoms. The van der Waals surface area contributed by atoms with Gasteiger partial charge >= 0.3 is 0 Å². The lowest BCUT2D eigenvalue weighted by Crippen LogP contribution is -2.19. The number of benzene rings is 2. The Hall–Kier alpha value is -2.57. The van der Waals surface area contributed by atoms with E-state index < -0.39 is 0 Å². The quantitative estimate of drug-likeness (QED) is 0.478. The van der Waals surface area contributed by atoms with Crippen molar-refractivity contribution in [3.8, 4) is 5.69 Å². The maximum Gasteiger partial charge on any atom is 0.264 e. The van der Waals surface area contributed by atoms with Crippen LogP contribution >= 0.6 is 27.7 Å². The van der Waals surface area contributed by atoms with Crippen LogP contribution in [0.5, 0.6) is 0 Å². The molecule has 1 aromatic heterocycles. The van der Waals surface area contributed by atoms with Crippen molar-refractivity contribution in [2.75, 3.05) is 0 Å². The zero-order valence-electron chi connectivity index (χ0n) is 16.4. The molecular weight excluding hydrogens is 446 g/mol. The molecule has 4 nitrogen and oxygen atoms in total. The van der Waals surface area contributed by atoms with E-state index in [4.69, 9.17) is 0 Å². The normalized spacial score (nSPS) is 16.6. The van der Waals surface area contributed by atoms with Crippen LogP contribution in [0.3, 0.4) is 0 Å². The lowest BCUT2D eigenvalue weighted by atomic mass is 10.2. The number of aryl methyl sites for hydroxylation is 2. The first-order valence-corrected chi connectivity index (χ1v) is 10.8. The van der Waals surface area contributed by atoms with Crippen molar-refractivity contribution in [2.45, 2.75) is 20.8 Å². The van der Waals surface area contributed by atoms with E-state index in [0.29, 0.717) is 10.1 Å². The van der Waals surface area contributed by atoms with Gasteiger partial charge in [0.15, 0.2) is 5.17 Å². The third-order valence-electron chi connectivity index (χ3n) is 4.72. The molecule has 1 N–H and O–H groups in total. The minimum atomic E-state index is -0.116. The molecule has 2 aromatic carbocycles. The molecule has 4 rings (SSSR count). The summed E-state index contributed by atoms with van der Waals surface area (Å²) in [6, 6.07) is 18.2. The maximum absolute atomic E-state index is 12.5. The summed E-state index contributed by atoms with van der Waals surface area (Å²) in [5.74, 6) is -0.116. The number of thioether (sulfide) groups is 1. The molecule has 1 amide bonds. The van der Waals surface area contributed by atoms with E-state index in [9.17, 15) is 4.79 Å². The zero-order chi connectivity index (χ0) is 20.5. The summed E-state index contributed by atoms with van der Waals surface area (Å²) in [7, 11) is 0. The number of carbonyl (C=O) groups excluding carboxylic acids is 1. The van der Waals surface area contributed by atoms with Gasteiger partial charge in [-0.25, -0.2) is 4.99 Å². The van der Waals surface area contributed by atoms with Crippen LogP contribution in [0.2, 0.25) is 0 Å². The van der Waals surface area contributed by atoms with E-state index in [2.05, 4.69) is 62.9 Å². The number of aromatic nitrogens is 1. The van der Waals surface area contributed by atoms with Crippen LogP contribution in [-0.4, -0.2) is 15.6 Å². The minimum absolute atomic E-state index is 0.116. The van der Waals surface area contributed by atoms with Gasteiger partial charge in [0, 0.05) is 21.5 Å². The highest BCUT2D eigenvalue weighted by atomic mass is 79.9. The monoisotopic (exact) mass is 465 g/mol. The van der Waals surface area contributed by atoms with Crippen molar-refractivity contribution in [3.63, 3.8) is 0 Å². The highest BCUT2D eigenvalue weighted by Gasteiger charge is 2.24. The smallest absolute Gasteiger partial charge is 0.264 e. The standard InChI is InChI=1S/C23H20BrN3OS/c1-14-5-4-6-19(11-14)25-23-26-22(28)21(29-23)13-17-12-15(2)27(16(17)3)20-9-7-18(24)8-10-20/h4-13H,1-3H3,(H,25,26,28)/b21-13-. The van der Waals surface area contributed by atoms with E-state index in [0.717, 1.165) is 38.4 Å². The van der Waals surface area contributed by atoms with Crippen molar-refractivity contribution in [1.29, 1.82) is 0 Å². The highest BCUT2D eigenvalue weighted by Crippen LogP contribution is 2.30. The minimum Gasteiger partial charge on any atom is -0.318 e. The summed E-state index contributed by atoms with van der Waals surface area (Å²) in [6.07, 6.45) is 1.94. The average Bonchev–Trinajstić information content (AvgIpc) is 3.15. The van der Waals surface area contributed by atoms with E-state index in [1.807, 2.05) is 49.4 Å². The summed E-state index contributed by atoms with van der Waals surface area (Å²) in [6.45, 7) is 6.17. The highest BCUT2D eigenvalue weighted by molar-refractivity contribution is 9.10. The van der Waals surface area contributed by atoms with Gasteiger partial charge in [-0.05, 0) is 92.2 Å². The Morgan fingerprint density at radius 3 is 2.55 bits per heavy atom. The number of aliphatic imine (C=N–C) groups is 1. The lowest BCUT2D eigenvalue weighted by Gasteiger charge is -2.09. The Bertz CT molecular complexity index is 1160. The molecule has 0 saturated carbocycles. The molecule has 1 fully saturated rings. The average molecular weight is 466 g/mol. The van der Waals surface area contributed by atoms with Gasteiger partial charge in [-0.1, -0.05) is 28.1 Å². The fraction of sp³-hybridized carbons (Fsp3) is 0.130. The summed E-state index contributed by atoms with van der Waals surface area (Å²) < 4.78 is 3.24. The molecule has 0 aliphatic carbocycles. The van der Waals surface area contributed by atoms with Crippen molar-refractivity contribution >= 4 is 50.5 Å². The second-order valence-corrected chi connectivity index (χ2v) is 8.91. The van der Waals surface area contributed by atoms with Gasteiger partial charge < -0.3 is 9.88 Å². The molecule has 146 valence electrons. The SMILES string of the molecule is Cc1cccc(N=C2NC(=O)/C(=C/c3cc(C)n(-c4ccc(Br)cc4)c3C)S2)c1. The number of halogens is 1. The maximum atomic E-state index is 12.5. The van der Waals surface area contributed by atoms with Gasteiger partial charge in [-0.15, -0.1) is 0 Å². The van der Waals surface area contributed by atoms with Crippen molar-refractivity contribution in [1.82, 2.24) is 9.88 Å². The number of rotatable bonds is 3. The molecule has 0 radical (unpaired) electrons. The Morgan fingerprint density at radius 1 is 1.07 bits per heavy atom. The Balaban J connectivity index is 1.64. The van der Waals surface area contributed by atoms with E-state index >= 15 is 0 Å². The van der Waals surface area contributed by atoms with E-state index in [-0.39, 0.29) is 5.91 Å².